The fourth-order valence-corrected chi connectivity index (χ4v) is 8.45. The number of hydrogen-bond acceptors (Lipinski definition) is 12. The molecule has 2 fully saturated rings. The maximum absolute atomic E-state index is 14.6. The van der Waals surface area contributed by atoms with Crippen molar-refractivity contribution in [2.45, 2.75) is 115 Å². The molecule has 20 heteroatoms. The number of para-hydroxylation sites is 1. The number of amides is 8. The standard InChI is InChI=1S/C50H68N10O10/c1-7-17-36(43(63)48(68)53-28-40(61)60(31-41(62)58(5)6)34-22-15-10-16-23-34)54-44(64)35-29-59(49(69)70-50(2,3)4)30-39(35)56-45(65)37(26-32-18-11-8-12-19-32)55-47(67)42(33-20-13-9-14-21-33)57-46(66)38-27-51-24-25-52-38/h8,10-12,15-16,18-19,22-25,27,33,35-37,39,42-43,63H,7,9,13-14,17,20-21,26,28-31H2,1-6H3,(H,53,68)(H,54,64)(H,55,67)(H,56,65)(H,57,66)/t35-,36+,37+,39+,42+,43+/m1/s1. The topological polar surface area (TPSA) is 262 Å². The maximum Gasteiger partial charge on any atom is 0.410 e. The number of hydrogen-bond donors (Lipinski definition) is 6. The van der Waals surface area contributed by atoms with Gasteiger partial charge < -0.3 is 51.1 Å². The van der Waals surface area contributed by atoms with E-state index in [9.17, 15) is 43.5 Å². The van der Waals surface area contributed by atoms with Gasteiger partial charge in [-0.1, -0.05) is 81.1 Å². The minimum atomic E-state index is -1.83. The zero-order valence-electron chi connectivity index (χ0n) is 40.9. The first-order valence-electron chi connectivity index (χ1n) is 23.9. The summed E-state index contributed by atoms with van der Waals surface area (Å²) in [5.74, 6) is -5.82. The first-order chi connectivity index (χ1) is 33.3. The van der Waals surface area contributed by atoms with E-state index in [0.29, 0.717) is 30.5 Å². The number of carbonyl (C=O) groups is 8. The van der Waals surface area contributed by atoms with E-state index in [0.717, 1.165) is 19.3 Å². The van der Waals surface area contributed by atoms with Crippen molar-refractivity contribution in [2.75, 3.05) is 45.2 Å². The van der Waals surface area contributed by atoms with Crippen molar-refractivity contribution in [1.29, 1.82) is 0 Å². The number of likely N-dealkylation sites (tertiary alicyclic amines) is 1. The van der Waals surface area contributed by atoms with E-state index in [1.165, 1.54) is 33.3 Å². The number of aliphatic hydroxyl groups is 1. The van der Waals surface area contributed by atoms with Crippen molar-refractivity contribution in [3.63, 3.8) is 0 Å². The zero-order chi connectivity index (χ0) is 51.0. The summed E-state index contributed by atoms with van der Waals surface area (Å²) in [6.45, 7) is 5.61. The summed E-state index contributed by atoms with van der Waals surface area (Å²) in [6.07, 6.45) is 6.16. The molecule has 1 aliphatic heterocycles. The van der Waals surface area contributed by atoms with E-state index in [4.69, 9.17) is 4.74 Å². The Labute approximate surface area is 409 Å². The van der Waals surface area contributed by atoms with Gasteiger partial charge in [-0.3, -0.25) is 38.5 Å². The maximum atomic E-state index is 14.6. The smallest absolute Gasteiger partial charge is 0.410 e. The largest absolute Gasteiger partial charge is 0.444 e. The normalized spacial score (nSPS) is 17.7. The van der Waals surface area contributed by atoms with Crippen molar-refractivity contribution >= 4 is 53.1 Å². The average molecular weight is 969 g/mol. The van der Waals surface area contributed by atoms with Gasteiger partial charge in [-0.25, -0.2) is 9.78 Å². The Kier molecular flexibility index (Phi) is 19.7. The van der Waals surface area contributed by atoms with Crippen molar-refractivity contribution in [2.24, 2.45) is 11.8 Å². The number of aliphatic hydroxyl groups excluding tert-OH is 1. The van der Waals surface area contributed by atoms with Crippen LogP contribution in [-0.4, -0.2) is 148 Å². The Hall–Kier alpha value is -6.96. The van der Waals surface area contributed by atoms with Gasteiger partial charge in [0.2, 0.25) is 29.5 Å². The van der Waals surface area contributed by atoms with Crippen LogP contribution in [0, 0.1) is 11.8 Å². The van der Waals surface area contributed by atoms with E-state index in [1.807, 2.05) is 6.07 Å². The summed E-state index contributed by atoms with van der Waals surface area (Å²) < 4.78 is 5.64. The number of ether oxygens (including phenoxy) is 1. The highest BCUT2D eigenvalue weighted by molar-refractivity contribution is 6.01. The van der Waals surface area contributed by atoms with Crippen molar-refractivity contribution in [3.8, 4) is 0 Å². The molecule has 0 radical (unpaired) electrons. The summed E-state index contributed by atoms with van der Waals surface area (Å²) >= 11 is 0. The molecule has 5 rings (SSSR count). The summed E-state index contributed by atoms with van der Waals surface area (Å²) in [5, 5.41) is 25.3. The van der Waals surface area contributed by atoms with Crippen molar-refractivity contribution < 1.29 is 48.2 Å². The molecule has 6 N–H and O–H groups in total. The highest BCUT2D eigenvalue weighted by atomic mass is 16.6. The third kappa shape index (κ3) is 15.8. The van der Waals surface area contributed by atoms with E-state index in [2.05, 4.69) is 36.6 Å². The molecule has 8 amide bonds. The molecule has 2 heterocycles. The molecule has 2 aromatic carbocycles. The van der Waals surface area contributed by atoms with E-state index in [1.54, 1.807) is 96.4 Å². The second-order valence-corrected chi connectivity index (χ2v) is 19.0. The number of nitrogens with one attached hydrogen (secondary N) is 5. The van der Waals surface area contributed by atoms with Gasteiger partial charge in [0.15, 0.2) is 6.10 Å². The van der Waals surface area contributed by atoms with Crippen molar-refractivity contribution in [3.05, 3.63) is 90.5 Å². The van der Waals surface area contributed by atoms with Crippen LogP contribution in [0.4, 0.5) is 10.5 Å². The van der Waals surface area contributed by atoms with E-state index < -0.39 is 89.9 Å². The molecule has 20 nitrogen and oxygen atoms in total. The molecular weight excluding hydrogens is 901 g/mol. The van der Waals surface area contributed by atoms with E-state index in [-0.39, 0.29) is 50.0 Å². The minimum Gasteiger partial charge on any atom is -0.444 e. The summed E-state index contributed by atoms with van der Waals surface area (Å²) in [6, 6.07) is 13.0. The Balaban J connectivity index is 1.35. The summed E-state index contributed by atoms with van der Waals surface area (Å²) in [5.41, 5.74) is 0.263. The van der Waals surface area contributed by atoms with Crippen LogP contribution >= 0.6 is 0 Å². The van der Waals surface area contributed by atoms with Gasteiger partial charge in [-0.15, -0.1) is 0 Å². The Bertz CT molecular complexity index is 2260. The fraction of sp³-hybridized carbons (Fsp3) is 0.520. The van der Waals surface area contributed by atoms with Crippen molar-refractivity contribution in [1.82, 2.24) is 46.4 Å². The van der Waals surface area contributed by atoms with Crippen LogP contribution in [0.1, 0.15) is 88.7 Å². The lowest BCUT2D eigenvalue weighted by atomic mass is 9.83. The second kappa shape index (κ2) is 25.6. The number of carbonyl (C=O) groups excluding carboxylic acids is 8. The number of likely N-dealkylation sites (N-methyl/N-ethyl adjacent to an activating group) is 1. The molecule has 2 aliphatic rings. The fourth-order valence-electron chi connectivity index (χ4n) is 8.45. The number of nitrogens with zero attached hydrogens (tertiary/aromatic N) is 5. The molecule has 0 spiro atoms. The molecule has 0 unspecified atom stereocenters. The lowest BCUT2D eigenvalue weighted by Gasteiger charge is -2.31. The number of rotatable bonds is 20. The Morgan fingerprint density at radius 1 is 0.829 bits per heavy atom. The zero-order valence-corrected chi connectivity index (χ0v) is 40.9. The van der Waals surface area contributed by atoms with Crippen LogP contribution in [-0.2, 0) is 39.9 Å². The molecule has 1 aliphatic carbocycles. The average Bonchev–Trinajstić information content (AvgIpc) is 3.77. The number of anilines is 1. The molecule has 3 aromatic rings. The Morgan fingerprint density at radius 3 is 2.11 bits per heavy atom. The predicted molar refractivity (Wildman–Crippen MR) is 259 cm³/mol. The third-order valence-corrected chi connectivity index (χ3v) is 12.2. The lowest BCUT2D eigenvalue weighted by molar-refractivity contribution is -0.135. The second-order valence-electron chi connectivity index (χ2n) is 19.0. The van der Waals surface area contributed by atoms with Gasteiger partial charge in [0, 0.05) is 51.7 Å². The minimum absolute atomic E-state index is 0.0271. The summed E-state index contributed by atoms with van der Waals surface area (Å²) in [7, 11) is 3.11. The SMILES string of the molecule is CCC[C@H](NC(=O)[C@@H]1CN(C(=O)OC(C)(C)C)C[C@@H]1NC(=O)[C@H](Cc1ccccc1)NC(=O)[C@@H](NC(=O)c1cnccn1)C1CCCCC1)[C@H](O)C(=O)NCC(=O)N(CC(=O)N(C)C)c1ccccc1. The molecule has 1 aromatic heterocycles. The van der Waals surface area contributed by atoms with Gasteiger partial charge in [0.05, 0.1) is 30.7 Å². The van der Waals surface area contributed by atoms with E-state index >= 15 is 0 Å². The first kappa shape index (κ1) is 54.0. The quantitative estimate of drug-likeness (QED) is 0.0952. The van der Waals surface area contributed by atoms with Crippen LogP contribution in [0.15, 0.2) is 79.3 Å². The first-order valence-corrected chi connectivity index (χ1v) is 23.9. The van der Waals surface area contributed by atoms with Gasteiger partial charge in [-0.2, -0.15) is 0 Å². The molecular formula is C50H68N10O10. The third-order valence-electron chi connectivity index (χ3n) is 12.2. The molecule has 70 heavy (non-hydrogen) atoms. The lowest BCUT2D eigenvalue weighted by Crippen LogP contribution is -2.59. The molecule has 0 bridgehead atoms. The van der Waals surface area contributed by atoms with Gasteiger partial charge >= 0.3 is 6.09 Å². The molecule has 1 saturated heterocycles. The van der Waals surface area contributed by atoms with Gasteiger partial charge in [-0.05, 0) is 63.6 Å². The van der Waals surface area contributed by atoms with Gasteiger partial charge in [0.25, 0.3) is 11.8 Å². The van der Waals surface area contributed by atoms with Crippen LogP contribution in [0.25, 0.3) is 0 Å². The van der Waals surface area contributed by atoms with Crippen LogP contribution < -0.4 is 31.5 Å². The van der Waals surface area contributed by atoms with Crippen LogP contribution in [0.5, 0.6) is 0 Å². The Morgan fingerprint density at radius 2 is 1.50 bits per heavy atom. The molecule has 6 atom stereocenters. The molecule has 378 valence electrons. The van der Waals surface area contributed by atoms with Gasteiger partial charge in [0.1, 0.15) is 29.9 Å². The number of aromatic nitrogens is 2. The summed E-state index contributed by atoms with van der Waals surface area (Å²) in [4.78, 5) is 122. The predicted octanol–water partition coefficient (Wildman–Crippen LogP) is 2.12. The van der Waals surface area contributed by atoms with Crippen LogP contribution in [0.3, 0.4) is 0 Å². The molecule has 1 saturated carbocycles. The highest BCUT2D eigenvalue weighted by Gasteiger charge is 2.44. The monoisotopic (exact) mass is 969 g/mol. The number of benzene rings is 2. The van der Waals surface area contributed by atoms with Crippen LogP contribution in [0.2, 0.25) is 0 Å². The highest BCUT2D eigenvalue weighted by Crippen LogP contribution is 2.28.